The quantitative estimate of drug-likeness (QED) is 0.711. The van der Waals surface area contributed by atoms with Gasteiger partial charge in [-0.15, -0.1) is 0 Å². The Kier molecular flexibility index (Phi) is 3.13. The molecule has 0 radical (unpaired) electrons. The van der Waals surface area contributed by atoms with Gasteiger partial charge >= 0.3 is 0 Å². The molecule has 0 aliphatic carbocycles. The first kappa shape index (κ1) is 12.3. The molecule has 0 fully saturated rings. The van der Waals surface area contributed by atoms with Crippen LogP contribution in [0.15, 0.2) is 54.7 Å². The van der Waals surface area contributed by atoms with Crippen molar-refractivity contribution >= 4 is 28.0 Å². The predicted molar refractivity (Wildman–Crippen MR) is 82.4 cm³/mol. The average molecular weight is 265 g/mol. The smallest absolute Gasteiger partial charge is 0.119 e. The molecular formula is C16H15N3O. The van der Waals surface area contributed by atoms with E-state index in [-0.39, 0.29) is 0 Å². The summed E-state index contributed by atoms with van der Waals surface area (Å²) in [6.07, 6.45) is 1.77. The number of ether oxygens (including phenoxy) is 1. The van der Waals surface area contributed by atoms with Crippen molar-refractivity contribution in [1.82, 2.24) is 4.98 Å². The zero-order chi connectivity index (χ0) is 13.9. The lowest BCUT2D eigenvalue weighted by Crippen LogP contribution is -1.93. The van der Waals surface area contributed by atoms with Crippen LogP contribution in [-0.4, -0.2) is 12.1 Å². The third-order valence-electron chi connectivity index (χ3n) is 3.14. The highest BCUT2D eigenvalue weighted by atomic mass is 16.5. The number of nitrogens with two attached hydrogens (primary N) is 1. The Morgan fingerprint density at radius 2 is 1.85 bits per heavy atom. The van der Waals surface area contributed by atoms with Crippen LogP contribution in [0.25, 0.3) is 10.9 Å². The summed E-state index contributed by atoms with van der Waals surface area (Å²) >= 11 is 0. The molecule has 3 aromatic rings. The Morgan fingerprint density at radius 3 is 2.60 bits per heavy atom. The largest absolute Gasteiger partial charge is 0.497 e. The molecule has 0 atom stereocenters. The lowest BCUT2D eigenvalue weighted by molar-refractivity contribution is 0.415. The van der Waals surface area contributed by atoms with Crippen molar-refractivity contribution in [2.75, 3.05) is 18.2 Å². The second-order valence-electron chi connectivity index (χ2n) is 4.49. The van der Waals surface area contributed by atoms with Gasteiger partial charge in [0.1, 0.15) is 5.75 Å². The van der Waals surface area contributed by atoms with Crippen LogP contribution in [0.3, 0.4) is 0 Å². The molecule has 100 valence electrons. The van der Waals surface area contributed by atoms with Crippen LogP contribution in [0.4, 0.5) is 17.1 Å². The van der Waals surface area contributed by atoms with Gasteiger partial charge in [-0.25, -0.2) is 0 Å². The Hall–Kier alpha value is -2.75. The molecule has 0 saturated carbocycles. The van der Waals surface area contributed by atoms with E-state index in [0.717, 1.165) is 28.0 Å². The summed E-state index contributed by atoms with van der Waals surface area (Å²) in [7, 11) is 1.66. The highest BCUT2D eigenvalue weighted by Crippen LogP contribution is 2.27. The second-order valence-corrected chi connectivity index (χ2v) is 4.49. The van der Waals surface area contributed by atoms with Gasteiger partial charge in [-0.3, -0.25) is 4.98 Å². The van der Waals surface area contributed by atoms with Crippen LogP contribution in [0.2, 0.25) is 0 Å². The maximum atomic E-state index is 5.78. The topological polar surface area (TPSA) is 60.2 Å². The number of aromatic nitrogens is 1. The van der Waals surface area contributed by atoms with Crippen molar-refractivity contribution in [3.05, 3.63) is 54.7 Å². The Balaban J connectivity index is 1.97. The van der Waals surface area contributed by atoms with Gasteiger partial charge in [-0.05, 0) is 48.5 Å². The van der Waals surface area contributed by atoms with E-state index in [1.54, 1.807) is 13.3 Å². The normalized spacial score (nSPS) is 10.4. The van der Waals surface area contributed by atoms with E-state index < -0.39 is 0 Å². The fraction of sp³-hybridized carbons (Fsp3) is 0.0625. The molecule has 0 amide bonds. The standard InChI is InChI=1S/C16H15N3O/c1-20-13-5-3-12(4-6-13)19-15-8-9-18-16-10-11(17)2-7-14(15)16/h2-10H,17H2,1H3,(H,18,19). The zero-order valence-corrected chi connectivity index (χ0v) is 11.1. The van der Waals surface area contributed by atoms with E-state index in [4.69, 9.17) is 10.5 Å². The van der Waals surface area contributed by atoms with Crippen molar-refractivity contribution in [3.8, 4) is 5.75 Å². The van der Waals surface area contributed by atoms with Gasteiger partial charge < -0.3 is 15.8 Å². The number of nitrogens with one attached hydrogen (secondary N) is 1. The van der Waals surface area contributed by atoms with Crippen LogP contribution >= 0.6 is 0 Å². The van der Waals surface area contributed by atoms with Gasteiger partial charge in [-0.1, -0.05) is 0 Å². The van der Waals surface area contributed by atoms with E-state index in [1.165, 1.54) is 0 Å². The van der Waals surface area contributed by atoms with Crippen molar-refractivity contribution in [1.29, 1.82) is 0 Å². The fourth-order valence-electron chi connectivity index (χ4n) is 2.10. The molecule has 3 rings (SSSR count). The first-order chi connectivity index (χ1) is 9.76. The fourth-order valence-corrected chi connectivity index (χ4v) is 2.10. The van der Waals surface area contributed by atoms with E-state index in [0.29, 0.717) is 5.69 Å². The van der Waals surface area contributed by atoms with Crippen LogP contribution in [0.1, 0.15) is 0 Å². The lowest BCUT2D eigenvalue weighted by Gasteiger charge is -2.10. The van der Waals surface area contributed by atoms with Crippen molar-refractivity contribution in [2.45, 2.75) is 0 Å². The van der Waals surface area contributed by atoms with Crippen molar-refractivity contribution < 1.29 is 4.74 Å². The first-order valence-corrected chi connectivity index (χ1v) is 6.31. The molecule has 4 nitrogen and oxygen atoms in total. The maximum absolute atomic E-state index is 5.78. The number of rotatable bonds is 3. The molecule has 0 aliphatic rings. The number of hydrogen-bond acceptors (Lipinski definition) is 4. The van der Waals surface area contributed by atoms with Gasteiger partial charge in [0.25, 0.3) is 0 Å². The summed E-state index contributed by atoms with van der Waals surface area (Å²) in [5, 5.41) is 4.42. The predicted octanol–water partition coefficient (Wildman–Crippen LogP) is 3.57. The molecule has 20 heavy (non-hydrogen) atoms. The van der Waals surface area contributed by atoms with Crippen LogP contribution < -0.4 is 15.8 Å². The number of fused-ring (bicyclic) bond motifs is 1. The van der Waals surface area contributed by atoms with E-state index in [9.17, 15) is 0 Å². The maximum Gasteiger partial charge on any atom is 0.119 e. The molecule has 0 bridgehead atoms. The second kappa shape index (κ2) is 5.09. The molecule has 0 aliphatic heterocycles. The monoisotopic (exact) mass is 265 g/mol. The van der Waals surface area contributed by atoms with Gasteiger partial charge in [0, 0.05) is 28.6 Å². The molecule has 1 aromatic heterocycles. The average Bonchev–Trinajstić information content (AvgIpc) is 2.48. The summed E-state index contributed by atoms with van der Waals surface area (Å²) in [6, 6.07) is 15.5. The summed E-state index contributed by atoms with van der Waals surface area (Å²) in [6.45, 7) is 0. The number of nitrogens with zero attached hydrogens (tertiary/aromatic N) is 1. The third kappa shape index (κ3) is 2.36. The first-order valence-electron chi connectivity index (χ1n) is 6.31. The number of pyridine rings is 1. The minimum Gasteiger partial charge on any atom is -0.497 e. The number of benzene rings is 2. The Bertz CT molecular complexity index is 738. The van der Waals surface area contributed by atoms with E-state index in [1.807, 2.05) is 48.5 Å². The molecular weight excluding hydrogens is 250 g/mol. The summed E-state index contributed by atoms with van der Waals surface area (Å²) in [5.74, 6) is 0.836. The van der Waals surface area contributed by atoms with Crippen molar-refractivity contribution in [2.24, 2.45) is 0 Å². The molecule has 4 heteroatoms. The molecule has 0 saturated heterocycles. The zero-order valence-electron chi connectivity index (χ0n) is 11.1. The van der Waals surface area contributed by atoms with E-state index in [2.05, 4.69) is 10.3 Å². The van der Waals surface area contributed by atoms with Crippen LogP contribution in [0.5, 0.6) is 5.75 Å². The van der Waals surface area contributed by atoms with Gasteiger partial charge in [0.05, 0.1) is 12.6 Å². The van der Waals surface area contributed by atoms with Crippen LogP contribution in [0, 0.1) is 0 Å². The number of methoxy groups -OCH3 is 1. The molecule has 0 spiro atoms. The summed E-state index contributed by atoms with van der Waals surface area (Å²) in [4.78, 5) is 4.33. The minimum atomic E-state index is 0.714. The van der Waals surface area contributed by atoms with Gasteiger partial charge in [0.2, 0.25) is 0 Å². The SMILES string of the molecule is COc1ccc(Nc2ccnc3cc(N)ccc23)cc1. The molecule has 3 N–H and O–H groups in total. The highest BCUT2D eigenvalue weighted by Gasteiger charge is 2.03. The number of anilines is 3. The Labute approximate surface area is 117 Å². The molecule has 1 heterocycles. The molecule has 0 unspecified atom stereocenters. The number of hydrogen-bond donors (Lipinski definition) is 2. The van der Waals surface area contributed by atoms with Crippen molar-refractivity contribution in [3.63, 3.8) is 0 Å². The molecule has 2 aromatic carbocycles. The van der Waals surface area contributed by atoms with Crippen LogP contribution in [-0.2, 0) is 0 Å². The van der Waals surface area contributed by atoms with Gasteiger partial charge in [0.15, 0.2) is 0 Å². The Morgan fingerprint density at radius 1 is 1.05 bits per heavy atom. The number of nitrogen functional groups attached to an aromatic ring is 1. The highest BCUT2D eigenvalue weighted by molar-refractivity contribution is 5.94. The third-order valence-corrected chi connectivity index (χ3v) is 3.14. The lowest BCUT2D eigenvalue weighted by atomic mass is 10.1. The van der Waals surface area contributed by atoms with Gasteiger partial charge in [-0.2, -0.15) is 0 Å². The minimum absolute atomic E-state index is 0.714. The summed E-state index contributed by atoms with van der Waals surface area (Å²) < 4.78 is 5.15. The summed E-state index contributed by atoms with van der Waals surface area (Å²) in [5.41, 5.74) is 9.37. The van der Waals surface area contributed by atoms with E-state index >= 15 is 0 Å².